The van der Waals surface area contributed by atoms with Crippen molar-refractivity contribution in [2.24, 2.45) is 0 Å². The highest BCUT2D eigenvalue weighted by atomic mass is 19.4. The molecule has 2 heterocycles. The maximum Gasteiger partial charge on any atom is 0.422 e. The summed E-state index contributed by atoms with van der Waals surface area (Å²) in [5, 5.41) is 13.4. The third kappa shape index (κ3) is 4.32. The number of alkyl halides is 3. The topological polar surface area (TPSA) is 94.8 Å². The molecule has 0 spiro atoms. The molecule has 0 saturated carbocycles. The Labute approximate surface area is 144 Å². The molecule has 0 radical (unpaired) electrons. The van der Waals surface area contributed by atoms with E-state index in [2.05, 4.69) is 30.6 Å². The SMILES string of the molecule is O=C(Nc1ccc(OCC(F)(F)F)nc1)c1ccccc1-n1cnnn1. The fourth-order valence-electron chi connectivity index (χ4n) is 2.03. The van der Waals surface area contributed by atoms with Crippen molar-refractivity contribution in [3.63, 3.8) is 0 Å². The minimum atomic E-state index is -4.45. The molecule has 3 rings (SSSR count). The van der Waals surface area contributed by atoms with E-state index >= 15 is 0 Å². The number of hydrogen-bond donors (Lipinski definition) is 1. The summed E-state index contributed by atoms with van der Waals surface area (Å²) < 4.78 is 42.2. The zero-order valence-electron chi connectivity index (χ0n) is 13.0. The molecular formula is C15H11F3N6O2. The number of nitrogens with zero attached hydrogens (tertiary/aromatic N) is 5. The van der Waals surface area contributed by atoms with Gasteiger partial charge in [0.15, 0.2) is 6.61 Å². The Balaban J connectivity index is 1.71. The molecule has 2 aromatic heterocycles. The number of anilines is 1. The van der Waals surface area contributed by atoms with Crippen LogP contribution in [0.3, 0.4) is 0 Å². The zero-order chi connectivity index (χ0) is 18.6. The van der Waals surface area contributed by atoms with E-state index in [1.807, 2.05) is 0 Å². The van der Waals surface area contributed by atoms with Gasteiger partial charge in [-0.3, -0.25) is 4.79 Å². The van der Waals surface area contributed by atoms with Crippen molar-refractivity contribution in [2.75, 3.05) is 11.9 Å². The smallest absolute Gasteiger partial charge is 0.422 e. The molecule has 1 N–H and O–H groups in total. The lowest BCUT2D eigenvalue weighted by Gasteiger charge is -2.10. The number of tetrazole rings is 1. The summed E-state index contributed by atoms with van der Waals surface area (Å²) in [5.41, 5.74) is 1.06. The number of nitrogens with one attached hydrogen (secondary N) is 1. The minimum absolute atomic E-state index is 0.200. The van der Waals surface area contributed by atoms with Crippen LogP contribution in [0.1, 0.15) is 10.4 Å². The van der Waals surface area contributed by atoms with Gasteiger partial charge in [0.05, 0.1) is 23.1 Å². The monoisotopic (exact) mass is 364 g/mol. The summed E-state index contributed by atoms with van der Waals surface area (Å²) in [4.78, 5) is 16.2. The van der Waals surface area contributed by atoms with Crippen LogP contribution in [0.2, 0.25) is 0 Å². The van der Waals surface area contributed by atoms with Crippen molar-refractivity contribution in [3.05, 3.63) is 54.5 Å². The van der Waals surface area contributed by atoms with Crippen LogP contribution in [0.5, 0.6) is 5.88 Å². The second-order valence-electron chi connectivity index (χ2n) is 5.01. The number of para-hydroxylation sites is 1. The summed E-state index contributed by atoms with van der Waals surface area (Å²) in [6, 6.07) is 9.26. The van der Waals surface area contributed by atoms with Gasteiger partial charge in [-0.05, 0) is 28.6 Å². The van der Waals surface area contributed by atoms with Crippen molar-refractivity contribution >= 4 is 11.6 Å². The molecule has 3 aromatic rings. The zero-order valence-corrected chi connectivity index (χ0v) is 13.0. The van der Waals surface area contributed by atoms with Gasteiger partial charge in [0.2, 0.25) is 5.88 Å². The van der Waals surface area contributed by atoms with Crippen LogP contribution >= 0.6 is 0 Å². The number of ether oxygens (including phenoxy) is 1. The number of carbonyl (C=O) groups is 1. The van der Waals surface area contributed by atoms with Gasteiger partial charge in [-0.25, -0.2) is 4.98 Å². The Bertz CT molecular complexity index is 881. The second kappa shape index (κ2) is 7.17. The van der Waals surface area contributed by atoms with Crippen molar-refractivity contribution in [1.82, 2.24) is 25.2 Å². The van der Waals surface area contributed by atoms with E-state index < -0.39 is 18.7 Å². The summed E-state index contributed by atoms with van der Waals surface area (Å²) >= 11 is 0. The molecule has 0 aliphatic carbocycles. The lowest BCUT2D eigenvalue weighted by Crippen LogP contribution is -2.19. The highest BCUT2D eigenvalue weighted by Crippen LogP contribution is 2.19. The van der Waals surface area contributed by atoms with Crippen molar-refractivity contribution in [2.45, 2.75) is 6.18 Å². The predicted octanol–water partition coefficient (Wildman–Crippen LogP) is 2.25. The van der Waals surface area contributed by atoms with E-state index in [1.54, 1.807) is 24.3 Å². The summed E-state index contributed by atoms with van der Waals surface area (Å²) in [7, 11) is 0. The van der Waals surface area contributed by atoms with Gasteiger partial charge in [0, 0.05) is 6.07 Å². The van der Waals surface area contributed by atoms with Gasteiger partial charge in [0.1, 0.15) is 6.33 Å². The van der Waals surface area contributed by atoms with Crippen LogP contribution in [0, 0.1) is 0 Å². The molecule has 26 heavy (non-hydrogen) atoms. The standard InChI is InChI=1S/C15H11F3N6O2/c16-15(17,18)8-26-13-6-5-10(7-19-13)21-14(25)11-3-1-2-4-12(11)24-9-20-22-23-24/h1-7,9H,8H2,(H,21,25). The van der Waals surface area contributed by atoms with Crippen LogP contribution in [-0.2, 0) is 0 Å². The van der Waals surface area contributed by atoms with Crippen LogP contribution in [-0.4, -0.2) is 43.9 Å². The summed E-state index contributed by atoms with van der Waals surface area (Å²) in [6.07, 6.45) is -1.90. The molecule has 0 aliphatic rings. The van der Waals surface area contributed by atoms with Crippen molar-refractivity contribution < 1.29 is 22.7 Å². The molecule has 0 atom stereocenters. The molecule has 0 unspecified atom stereocenters. The number of benzene rings is 1. The number of amides is 1. The molecule has 134 valence electrons. The molecule has 0 bridgehead atoms. The number of pyridine rings is 1. The maximum absolute atomic E-state index is 12.5. The maximum atomic E-state index is 12.5. The van der Waals surface area contributed by atoms with Gasteiger partial charge < -0.3 is 10.1 Å². The van der Waals surface area contributed by atoms with E-state index in [0.29, 0.717) is 16.9 Å². The third-order valence-electron chi connectivity index (χ3n) is 3.12. The normalized spacial score (nSPS) is 11.2. The first-order valence-corrected chi connectivity index (χ1v) is 7.22. The van der Waals surface area contributed by atoms with E-state index in [0.717, 1.165) is 0 Å². The summed E-state index contributed by atoms with van der Waals surface area (Å²) in [5.74, 6) is -0.656. The number of aromatic nitrogens is 5. The van der Waals surface area contributed by atoms with Crippen LogP contribution < -0.4 is 10.1 Å². The van der Waals surface area contributed by atoms with Crippen LogP contribution in [0.4, 0.5) is 18.9 Å². The third-order valence-corrected chi connectivity index (χ3v) is 3.12. The van der Waals surface area contributed by atoms with Gasteiger partial charge in [-0.1, -0.05) is 12.1 Å². The van der Waals surface area contributed by atoms with E-state index in [-0.39, 0.29) is 5.88 Å². The van der Waals surface area contributed by atoms with Crippen LogP contribution in [0.25, 0.3) is 5.69 Å². The second-order valence-corrected chi connectivity index (χ2v) is 5.01. The van der Waals surface area contributed by atoms with Gasteiger partial charge >= 0.3 is 6.18 Å². The Hall–Kier alpha value is -3.50. The first-order valence-electron chi connectivity index (χ1n) is 7.22. The number of carbonyl (C=O) groups excluding carboxylic acids is 1. The average Bonchev–Trinajstić information content (AvgIpc) is 3.15. The van der Waals surface area contributed by atoms with Gasteiger partial charge in [0.25, 0.3) is 5.91 Å². The summed E-state index contributed by atoms with van der Waals surface area (Å²) in [6.45, 7) is -1.44. The number of hydrogen-bond acceptors (Lipinski definition) is 6. The number of rotatable bonds is 5. The molecule has 0 aliphatic heterocycles. The highest BCUT2D eigenvalue weighted by molar-refractivity contribution is 6.06. The fourth-order valence-corrected chi connectivity index (χ4v) is 2.03. The first-order chi connectivity index (χ1) is 12.4. The quantitative estimate of drug-likeness (QED) is 0.746. The number of halogens is 3. The largest absolute Gasteiger partial charge is 0.468 e. The van der Waals surface area contributed by atoms with E-state index in [4.69, 9.17) is 0 Å². The van der Waals surface area contributed by atoms with Crippen molar-refractivity contribution in [1.29, 1.82) is 0 Å². The van der Waals surface area contributed by atoms with E-state index in [1.165, 1.54) is 29.3 Å². The average molecular weight is 364 g/mol. The molecule has 0 saturated heterocycles. The van der Waals surface area contributed by atoms with E-state index in [9.17, 15) is 18.0 Å². The predicted molar refractivity (Wildman–Crippen MR) is 82.9 cm³/mol. The lowest BCUT2D eigenvalue weighted by molar-refractivity contribution is -0.154. The first kappa shape index (κ1) is 17.3. The Morgan fingerprint density at radius 3 is 2.65 bits per heavy atom. The Morgan fingerprint density at radius 2 is 2.00 bits per heavy atom. The van der Waals surface area contributed by atoms with Crippen molar-refractivity contribution in [3.8, 4) is 11.6 Å². The molecule has 0 fully saturated rings. The minimum Gasteiger partial charge on any atom is -0.468 e. The molecular weight excluding hydrogens is 353 g/mol. The van der Waals surface area contributed by atoms with Gasteiger partial charge in [-0.2, -0.15) is 17.9 Å². The van der Waals surface area contributed by atoms with Crippen LogP contribution in [0.15, 0.2) is 48.9 Å². The molecule has 8 nitrogen and oxygen atoms in total. The molecule has 11 heteroatoms. The molecule has 1 amide bonds. The lowest BCUT2D eigenvalue weighted by atomic mass is 10.1. The molecule has 1 aromatic carbocycles. The Morgan fingerprint density at radius 1 is 1.19 bits per heavy atom. The Kier molecular flexibility index (Phi) is 4.78. The fraction of sp³-hybridized carbons (Fsp3) is 0.133. The van der Waals surface area contributed by atoms with Gasteiger partial charge in [-0.15, -0.1) is 5.10 Å². The highest BCUT2D eigenvalue weighted by Gasteiger charge is 2.28.